The van der Waals surface area contributed by atoms with Crippen LogP contribution < -0.4 is 15.8 Å². The van der Waals surface area contributed by atoms with Gasteiger partial charge in [0.15, 0.2) is 12.4 Å². The summed E-state index contributed by atoms with van der Waals surface area (Å²) in [7, 11) is 0. The van der Waals surface area contributed by atoms with Crippen molar-refractivity contribution in [1.29, 1.82) is 5.26 Å². The predicted molar refractivity (Wildman–Crippen MR) is 132 cm³/mol. The average molecular weight is 472 g/mol. The van der Waals surface area contributed by atoms with Crippen LogP contribution in [0.1, 0.15) is 49.3 Å². The summed E-state index contributed by atoms with van der Waals surface area (Å²) in [6.07, 6.45) is 0.872. The smallest absolute Gasteiger partial charge is 0.262 e. The number of hydrogen-bond acceptors (Lipinski definition) is 6. The van der Waals surface area contributed by atoms with Gasteiger partial charge in [0.2, 0.25) is 5.88 Å². The Bertz CT molecular complexity index is 1290. The molecule has 2 aromatic rings. The van der Waals surface area contributed by atoms with E-state index in [0.717, 1.165) is 11.1 Å². The second-order valence-corrected chi connectivity index (χ2v) is 9.95. The first-order valence-electron chi connectivity index (χ1n) is 11.5. The molecule has 1 aliphatic heterocycles. The van der Waals surface area contributed by atoms with E-state index in [2.05, 4.69) is 11.4 Å². The van der Waals surface area contributed by atoms with Crippen molar-refractivity contribution in [3.63, 3.8) is 0 Å². The van der Waals surface area contributed by atoms with Gasteiger partial charge < -0.3 is 20.5 Å². The molecule has 0 saturated carbocycles. The highest BCUT2D eigenvalue weighted by molar-refractivity contribution is 6.00. The van der Waals surface area contributed by atoms with Crippen LogP contribution in [0.3, 0.4) is 0 Å². The summed E-state index contributed by atoms with van der Waals surface area (Å²) in [5.74, 6) is -0.225. The number of carbonyl (C=O) groups excluding carboxylic acids is 2. The molecule has 0 bridgehead atoms. The number of hydrogen-bond donors (Lipinski definition) is 2. The van der Waals surface area contributed by atoms with Gasteiger partial charge in [0.1, 0.15) is 23.2 Å². The number of Topliss-reactive ketones (excluding diaryl/α,β-unsaturated/α-hetero) is 1. The highest BCUT2D eigenvalue weighted by atomic mass is 16.5. The number of allylic oxidation sites excluding steroid dienone is 3. The molecule has 0 spiro atoms. The number of aryl methyl sites for hydroxylation is 2. The van der Waals surface area contributed by atoms with E-state index >= 15 is 0 Å². The Hall–Kier alpha value is -4.05. The number of nitrogens with zero attached hydrogens (tertiary/aromatic N) is 1. The highest BCUT2D eigenvalue weighted by Gasteiger charge is 2.43. The van der Waals surface area contributed by atoms with Gasteiger partial charge in [0, 0.05) is 29.7 Å². The SMILES string of the molecule is Cc1cc(C)cc(NC(=O)COc2ccccc2C2C(C#N)=C(N)OC3=C2C(=O)CC(C)(C)C3)c1. The number of ether oxygens (including phenoxy) is 2. The lowest BCUT2D eigenvalue weighted by Crippen LogP contribution is -2.33. The number of benzene rings is 2. The molecule has 2 aromatic carbocycles. The van der Waals surface area contributed by atoms with Crippen LogP contribution in [0, 0.1) is 30.6 Å². The number of nitriles is 1. The van der Waals surface area contributed by atoms with Gasteiger partial charge in [-0.25, -0.2) is 0 Å². The minimum absolute atomic E-state index is 0.0101. The van der Waals surface area contributed by atoms with Crippen molar-refractivity contribution in [3.05, 3.63) is 81.9 Å². The summed E-state index contributed by atoms with van der Waals surface area (Å²) in [5.41, 5.74) is 9.83. The van der Waals surface area contributed by atoms with Gasteiger partial charge >= 0.3 is 0 Å². The topological polar surface area (TPSA) is 114 Å². The number of ketones is 1. The van der Waals surface area contributed by atoms with E-state index in [1.807, 2.05) is 45.9 Å². The monoisotopic (exact) mass is 471 g/mol. The number of nitrogens with two attached hydrogens (primary N) is 1. The summed E-state index contributed by atoms with van der Waals surface area (Å²) in [6.45, 7) is 7.69. The molecule has 0 aromatic heterocycles. The maximum atomic E-state index is 13.2. The van der Waals surface area contributed by atoms with Crippen LogP contribution in [-0.2, 0) is 14.3 Å². The Morgan fingerprint density at radius 3 is 2.57 bits per heavy atom. The minimum atomic E-state index is -0.717. The molecule has 35 heavy (non-hydrogen) atoms. The van der Waals surface area contributed by atoms with Crippen molar-refractivity contribution in [2.24, 2.45) is 11.1 Å². The zero-order valence-electron chi connectivity index (χ0n) is 20.4. The van der Waals surface area contributed by atoms with Crippen molar-refractivity contribution < 1.29 is 19.1 Å². The van der Waals surface area contributed by atoms with Crippen molar-refractivity contribution in [2.45, 2.75) is 46.5 Å². The zero-order chi connectivity index (χ0) is 25.3. The number of anilines is 1. The van der Waals surface area contributed by atoms with Crippen LogP contribution in [0.5, 0.6) is 5.75 Å². The molecule has 4 rings (SSSR count). The van der Waals surface area contributed by atoms with Crippen LogP contribution in [0.15, 0.2) is 65.3 Å². The third-order valence-electron chi connectivity index (χ3n) is 6.17. The Morgan fingerprint density at radius 1 is 1.20 bits per heavy atom. The van der Waals surface area contributed by atoms with Gasteiger partial charge in [0.25, 0.3) is 5.91 Å². The fourth-order valence-electron chi connectivity index (χ4n) is 4.83. The van der Waals surface area contributed by atoms with Gasteiger partial charge in [-0.2, -0.15) is 5.26 Å². The molecule has 3 N–H and O–H groups in total. The Kier molecular flexibility index (Phi) is 6.40. The summed E-state index contributed by atoms with van der Waals surface area (Å²) in [6, 6.07) is 15.0. The maximum Gasteiger partial charge on any atom is 0.262 e. The minimum Gasteiger partial charge on any atom is -0.483 e. The molecule has 7 nitrogen and oxygen atoms in total. The number of para-hydroxylation sites is 1. The standard InChI is InChI=1S/C28H29N3O4/c1-16-9-17(2)11-18(10-16)31-24(33)15-34-22-8-6-5-7-19(22)25-20(14-29)27(30)35-23-13-28(3,4)12-21(32)26(23)25/h5-11,25H,12-13,15,30H2,1-4H3,(H,31,33). The Labute approximate surface area is 205 Å². The van der Waals surface area contributed by atoms with E-state index in [1.54, 1.807) is 24.3 Å². The predicted octanol–water partition coefficient (Wildman–Crippen LogP) is 4.77. The molecular formula is C28H29N3O4. The largest absolute Gasteiger partial charge is 0.483 e. The van der Waals surface area contributed by atoms with Crippen LogP contribution in [0.2, 0.25) is 0 Å². The molecule has 0 saturated heterocycles. The number of carbonyl (C=O) groups is 2. The Morgan fingerprint density at radius 2 is 1.89 bits per heavy atom. The van der Waals surface area contributed by atoms with Gasteiger partial charge in [-0.05, 0) is 48.6 Å². The summed E-state index contributed by atoms with van der Waals surface area (Å²) >= 11 is 0. The van der Waals surface area contributed by atoms with Crippen molar-refractivity contribution in [3.8, 4) is 11.8 Å². The second-order valence-electron chi connectivity index (χ2n) is 9.95. The molecule has 1 unspecified atom stereocenters. The molecule has 180 valence electrons. The van der Waals surface area contributed by atoms with Gasteiger partial charge in [-0.1, -0.05) is 38.1 Å². The van der Waals surface area contributed by atoms with Crippen molar-refractivity contribution in [1.82, 2.24) is 0 Å². The normalized spacial score (nSPS) is 18.9. The lowest BCUT2D eigenvalue weighted by atomic mass is 9.70. The van der Waals surface area contributed by atoms with Crippen LogP contribution in [0.4, 0.5) is 5.69 Å². The molecule has 1 amide bonds. The van der Waals surface area contributed by atoms with E-state index in [1.165, 1.54) is 0 Å². The third kappa shape index (κ3) is 5.07. The molecule has 2 aliphatic rings. The highest BCUT2D eigenvalue weighted by Crippen LogP contribution is 2.49. The molecule has 1 aliphatic carbocycles. The number of rotatable bonds is 5. The van der Waals surface area contributed by atoms with E-state index in [-0.39, 0.29) is 35.2 Å². The van der Waals surface area contributed by atoms with Gasteiger partial charge in [-0.15, -0.1) is 0 Å². The number of nitrogens with one attached hydrogen (secondary N) is 1. The van der Waals surface area contributed by atoms with E-state index in [0.29, 0.717) is 41.2 Å². The maximum absolute atomic E-state index is 13.2. The quantitative estimate of drug-likeness (QED) is 0.649. The second kappa shape index (κ2) is 9.30. The van der Waals surface area contributed by atoms with E-state index in [9.17, 15) is 14.9 Å². The molecular weight excluding hydrogens is 442 g/mol. The lowest BCUT2D eigenvalue weighted by molar-refractivity contribution is -0.119. The molecule has 0 fully saturated rings. The summed E-state index contributed by atoms with van der Waals surface area (Å²) in [4.78, 5) is 25.8. The first kappa shape index (κ1) is 24.1. The Balaban J connectivity index is 1.63. The number of amides is 1. The van der Waals surface area contributed by atoms with Crippen molar-refractivity contribution >= 4 is 17.4 Å². The summed E-state index contributed by atoms with van der Waals surface area (Å²) < 4.78 is 11.7. The van der Waals surface area contributed by atoms with Gasteiger partial charge in [-0.3, -0.25) is 9.59 Å². The summed E-state index contributed by atoms with van der Waals surface area (Å²) in [5, 5.41) is 12.7. The molecule has 1 atom stereocenters. The van der Waals surface area contributed by atoms with E-state index < -0.39 is 5.92 Å². The fourth-order valence-corrected chi connectivity index (χ4v) is 4.83. The lowest BCUT2D eigenvalue weighted by Gasteiger charge is -2.37. The molecule has 1 heterocycles. The zero-order valence-corrected chi connectivity index (χ0v) is 20.4. The van der Waals surface area contributed by atoms with Gasteiger partial charge in [0.05, 0.1) is 5.92 Å². The average Bonchev–Trinajstić information content (AvgIpc) is 2.75. The third-order valence-corrected chi connectivity index (χ3v) is 6.17. The first-order valence-corrected chi connectivity index (χ1v) is 11.5. The van der Waals surface area contributed by atoms with Crippen LogP contribution in [-0.4, -0.2) is 18.3 Å². The molecule has 7 heteroatoms. The fraction of sp³-hybridized carbons (Fsp3) is 0.321. The van der Waals surface area contributed by atoms with E-state index in [4.69, 9.17) is 15.2 Å². The van der Waals surface area contributed by atoms with Crippen molar-refractivity contribution in [2.75, 3.05) is 11.9 Å². The van der Waals surface area contributed by atoms with Crippen LogP contribution in [0.25, 0.3) is 0 Å². The molecule has 0 radical (unpaired) electrons. The first-order chi connectivity index (χ1) is 16.6. The van der Waals surface area contributed by atoms with Crippen LogP contribution >= 0.6 is 0 Å².